The fraction of sp³-hybridized carbons (Fsp3) is 0.150. The first-order valence-corrected chi connectivity index (χ1v) is 8.71. The van der Waals surface area contributed by atoms with E-state index in [2.05, 4.69) is 24.9 Å². The Hall–Kier alpha value is -3.81. The van der Waals surface area contributed by atoms with Crippen LogP contribution in [0.25, 0.3) is 22.4 Å². The highest BCUT2D eigenvalue weighted by atomic mass is 16.2. The number of imidazole rings is 1. The fourth-order valence-corrected chi connectivity index (χ4v) is 2.95. The van der Waals surface area contributed by atoms with Crippen molar-refractivity contribution in [3.05, 3.63) is 76.2 Å². The lowest BCUT2D eigenvalue weighted by atomic mass is 10.2. The van der Waals surface area contributed by atoms with Crippen molar-refractivity contribution < 1.29 is 4.79 Å². The van der Waals surface area contributed by atoms with Crippen LogP contribution in [0.4, 0.5) is 0 Å². The van der Waals surface area contributed by atoms with Crippen LogP contribution in [0, 0.1) is 6.92 Å². The number of amides is 1. The second kappa shape index (κ2) is 7.07. The Morgan fingerprint density at radius 3 is 2.79 bits per heavy atom. The molecule has 8 nitrogen and oxygen atoms in total. The second-order valence-electron chi connectivity index (χ2n) is 6.58. The Morgan fingerprint density at radius 2 is 2.04 bits per heavy atom. The van der Waals surface area contributed by atoms with Crippen LogP contribution < -0.4 is 5.56 Å². The largest absolute Gasteiger partial charge is 0.340 e. The molecule has 4 rings (SSSR count). The number of hydrogen-bond donors (Lipinski definition) is 2. The molecule has 1 aromatic carbocycles. The number of aryl methyl sites for hydroxylation is 1. The summed E-state index contributed by atoms with van der Waals surface area (Å²) in [4.78, 5) is 45.1. The number of hydrogen-bond acceptors (Lipinski definition) is 5. The molecule has 0 saturated carbocycles. The van der Waals surface area contributed by atoms with Crippen LogP contribution in [0.15, 0.2) is 53.7 Å². The molecule has 4 aromatic rings. The van der Waals surface area contributed by atoms with Gasteiger partial charge in [-0.1, -0.05) is 6.07 Å². The number of nitrogens with one attached hydrogen (secondary N) is 2. The van der Waals surface area contributed by atoms with Crippen molar-refractivity contribution in [2.75, 3.05) is 7.05 Å². The number of pyridine rings is 1. The molecule has 2 N–H and O–H groups in total. The number of nitrogens with zero attached hydrogens (tertiary/aromatic N) is 4. The van der Waals surface area contributed by atoms with Crippen molar-refractivity contribution in [3.8, 4) is 11.4 Å². The lowest BCUT2D eigenvalue weighted by Crippen LogP contribution is -2.32. The summed E-state index contributed by atoms with van der Waals surface area (Å²) in [5.41, 5.74) is 3.02. The summed E-state index contributed by atoms with van der Waals surface area (Å²) in [5, 5.41) is 0. The zero-order valence-corrected chi connectivity index (χ0v) is 15.4. The predicted octanol–water partition coefficient (Wildman–Crippen LogP) is 2.29. The van der Waals surface area contributed by atoms with E-state index in [1.54, 1.807) is 31.6 Å². The molecular formula is C20H18N6O2. The van der Waals surface area contributed by atoms with Crippen LogP contribution in [0.3, 0.4) is 0 Å². The van der Waals surface area contributed by atoms with Gasteiger partial charge in [0.2, 0.25) is 0 Å². The molecule has 0 unspecified atom stereocenters. The number of aromatic amines is 2. The average Bonchev–Trinajstić information content (AvgIpc) is 3.09. The Kier molecular flexibility index (Phi) is 4.44. The molecule has 0 aliphatic heterocycles. The third-order valence-electron chi connectivity index (χ3n) is 4.38. The molecule has 0 bridgehead atoms. The molecule has 8 heteroatoms. The first-order chi connectivity index (χ1) is 13.5. The SMILES string of the molecule is Cc1ccc2nc(CN(C)C(=O)c3cnc(-c4cccnc4)[nH]c3=O)[nH]c2c1. The molecule has 0 aliphatic rings. The molecule has 0 fully saturated rings. The molecule has 3 heterocycles. The van der Waals surface area contributed by atoms with Crippen LogP contribution in [-0.4, -0.2) is 42.8 Å². The zero-order chi connectivity index (χ0) is 19.7. The van der Waals surface area contributed by atoms with E-state index >= 15 is 0 Å². The number of rotatable bonds is 4. The molecule has 0 saturated heterocycles. The van der Waals surface area contributed by atoms with E-state index in [1.165, 1.54) is 11.1 Å². The lowest BCUT2D eigenvalue weighted by molar-refractivity contribution is 0.0779. The topological polar surface area (TPSA) is 108 Å². The number of benzene rings is 1. The van der Waals surface area contributed by atoms with Crippen LogP contribution in [-0.2, 0) is 6.54 Å². The van der Waals surface area contributed by atoms with Gasteiger partial charge < -0.3 is 14.9 Å². The summed E-state index contributed by atoms with van der Waals surface area (Å²) in [5.74, 6) is 0.584. The van der Waals surface area contributed by atoms with Gasteiger partial charge in [-0.05, 0) is 36.8 Å². The number of fused-ring (bicyclic) bond motifs is 1. The maximum absolute atomic E-state index is 12.7. The molecule has 28 heavy (non-hydrogen) atoms. The van der Waals surface area contributed by atoms with Crippen LogP contribution >= 0.6 is 0 Å². The Labute approximate surface area is 160 Å². The fourth-order valence-electron chi connectivity index (χ4n) is 2.95. The molecule has 140 valence electrons. The minimum absolute atomic E-state index is 0.0258. The maximum atomic E-state index is 12.7. The summed E-state index contributed by atoms with van der Waals surface area (Å²) in [6.07, 6.45) is 4.52. The van der Waals surface area contributed by atoms with Crippen molar-refractivity contribution in [1.29, 1.82) is 0 Å². The van der Waals surface area contributed by atoms with Crippen molar-refractivity contribution >= 4 is 16.9 Å². The van der Waals surface area contributed by atoms with Gasteiger partial charge in [0.15, 0.2) is 0 Å². The Balaban J connectivity index is 1.55. The highest BCUT2D eigenvalue weighted by Crippen LogP contribution is 2.15. The van der Waals surface area contributed by atoms with E-state index in [9.17, 15) is 9.59 Å². The third kappa shape index (κ3) is 3.39. The average molecular weight is 374 g/mol. The van der Waals surface area contributed by atoms with Gasteiger partial charge >= 0.3 is 0 Å². The van der Waals surface area contributed by atoms with E-state index in [4.69, 9.17) is 0 Å². The summed E-state index contributed by atoms with van der Waals surface area (Å²) in [6.45, 7) is 2.25. The zero-order valence-electron chi connectivity index (χ0n) is 15.4. The number of carbonyl (C=O) groups excluding carboxylic acids is 1. The van der Waals surface area contributed by atoms with Crippen LogP contribution in [0.5, 0.6) is 0 Å². The van der Waals surface area contributed by atoms with Crippen LogP contribution in [0.2, 0.25) is 0 Å². The summed E-state index contributed by atoms with van der Waals surface area (Å²) >= 11 is 0. The van der Waals surface area contributed by atoms with Crippen molar-refractivity contribution in [1.82, 2.24) is 29.8 Å². The first-order valence-electron chi connectivity index (χ1n) is 8.71. The summed E-state index contributed by atoms with van der Waals surface area (Å²) in [7, 11) is 1.62. The highest BCUT2D eigenvalue weighted by Gasteiger charge is 2.18. The molecule has 1 amide bonds. The number of H-pyrrole nitrogens is 2. The van der Waals surface area contributed by atoms with Crippen molar-refractivity contribution in [2.45, 2.75) is 13.5 Å². The quantitative estimate of drug-likeness (QED) is 0.570. The minimum atomic E-state index is -0.495. The molecule has 0 radical (unpaired) electrons. The molecule has 0 atom stereocenters. The van der Waals surface area contributed by atoms with Gasteiger partial charge in [-0.25, -0.2) is 9.97 Å². The monoisotopic (exact) mass is 374 g/mol. The van der Waals surface area contributed by atoms with Crippen molar-refractivity contribution in [3.63, 3.8) is 0 Å². The van der Waals surface area contributed by atoms with Crippen molar-refractivity contribution in [2.24, 2.45) is 0 Å². The van der Waals surface area contributed by atoms with Gasteiger partial charge in [-0.3, -0.25) is 14.6 Å². The van der Waals surface area contributed by atoms with E-state index < -0.39 is 11.5 Å². The van der Waals surface area contributed by atoms with Gasteiger partial charge in [0, 0.05) is 31.2 Å². The smallest absolute Gasteiger partial charge is 0.264 e. The Bertz CT molecular complexity index is 1210. The van der Waals surface area contributed by atoms with Gasteiger partial charge in [0.25, 0.3) is 11.5 Å². The predicted molar refractivity (Wildman–Crippen MR) is 105 cm³/mol. The Morgan fingerprint density at radius 1 is 1.18 bits per heavy atom. The minimum Gasteiger partial charge on any atom is -0.340 e. The van der Waals surface area contributed by atoms with Crippen LogP contribution in [0.1, 0.15) is 21.7 Å². The maximum Gasteiger partial charge on any atom is 0.264 e. The van der Waals surface area contributed by atoms with E-state index in [-0.39, 0.29) is 12.1 Å². The molecule has 3 aromatic heterocycles. The summed E-state index contributed by atoms with van der Waals surface area (Å²) < 4.78 is 0. The van der Waals surface area contributed by atoms with Gasteiger partial charge in [0.05, 0.1) is 17.6 Å². The molecule has 0 aliphatic carbocycles. The highest BCUT2D eigenvalue weighted by molar-refractivity contribution is 5.93. The number of carbonyl (C=O) groups is 1. The standard InChI is InChI=1S/C20H18N6O2/c1-12-5-6-15-16(8-12)24-17(23-15)11-26(2)20(28)14-10-22-18(25-19(14)27)13-4-3-7-21-9-13/h3-10H,11H2,1-2H3,(H,23,24)(H,22,25,27). The number of aromatic nitrogens is 5. The van der Waals surface area contributed by atoms with E-state index in [0.717, 1.165) is 16.6 Å². The molecule has 0 spiro atoms. The second-order valence-corrected chi connectivity index (χ2v) is 6.58. The first kappa shape index (κ1) is 17.6. The van der Waals surface area contributed by atoms with Gasteiger partial charge in [-0.15, -0.1) is 0 Å². The normalized spacial score (nSPS) is 10.9. The van der Waals surface area contributed by atoms with E-state index in [0.29, 0.717) is 17.2 Å². The van der Waals surface area contributed by atoms with Gasteiger partial charge in [-0.2, -0.15) is 0 Å². The summed E-state index contributed by atoms with van der Waals surface area (Å²) in [6, 6.07) is 9.44. The van der Waals surface area contributed by atoms with Gasteiger partial charge in [0.1, 0.15) is 17.2 Å². The lowest BCUT2D eigenvalue weighted by Gasteiger charge is -2.15. The van der Waals surface area contributed by atoms with E-state index in [1.807, 2.05) is 25.1 Å². The third-order valence-corrected chi connectivity index (χ3v) is 4.38. The molecular weight excluding hydrogens is 356 g/mol.